The fraction of sp³-hybridized carbons (Fsp3) is 0.667. The Balaban J connectivity index is 1.96. The fourth-order valence-corrected chi connectivity index (χ4v) is 3.26. The highest BCUT2D eigenvalue weighted by molar-refractivity contribution is 5.36. The third-order valence-corrected chi connectivity index (χ3v) is 4.12. The molecule has 3 rings (SSSR count). The Morgan fingerprint density at radius 3 is 1.64 bits per heavy atom. The number of hydrogen-bond donors (Lipinski definition) is 0. The van der Waals surface area contributed by atoms with Crippen LogP contribution < -0.4 is 10.9 Å². The van der Waals surface area contributed by atoms with Crippen LogP contribution in [0.15, 0.2) is 9.59 Å². The zero-order valence-corrected chi connectivity index (χ0v) is 8.21. The quantitative estimate of drug-likeness (QED) is 0.576. The molecule has 2 aliphatic carbocycles. The molecular weight excluding hydrogens is 176 g/mol. The molecular formula is C12H14O2. The molecule has 0 aliphatic heterocycles. The van der Waals surface area contributed by atoms with Crippen LogP contribution in [0.5, 0.6) is 0 Å². The van der Waals surface area contributed by atoms with Gasteiger partial charge in [0.2, 0.25) is 10.9 Å². The van der Waals surface area contributed by atoms with Crippen LogP contribution in [-0.4, -0.2) is 0 Å². The van der Waals surface area contributed by atoms with E-state index in [1.54, 1.807) is 0 Å². The van der Waals surface area contributed by atoms with Crippen molar-refractivity contribution in [1.82, 2.24) is 0 Å². The lowest BCUT2D eigenvalue weighted by molar-refractivity contribution is 0.217. The van der Waals surface area contributed by atoms with Gasteiger partial charge in [0.25, 0.3) is 0 Å². The maximum Gasteiger partial charge on any atom is 0.229 e. The normalized spacial score (nSPS) is 31.1. The van der Waals surface area contributed by atoms with Crippen LogP contribution in [-0.2, 0) is 12.8 Å². The van der Waals surface area contributed by atoms with Crippen LogP contribution >= 0.6 is 0 Å². The van der Waals surface area contributed by atoms with Crippen molar-refractivity contribution in [2.24, 2.45) is 11.8 Å². The van der Waals surface area contributed by atoms with Gasteiger partial charge < -0.3 is 0 Å². The first-order valence-corrected chi connectivity index (χ1v) is 5.58. The summed E-state index contributed by atoms with van der Waals surface area (Å²) in [6.07, 6.45) is 6.97. The lowest BCUT2D eigenvalue weighted by Gasteiger charge is -2.36. The first-order valence-electron chi connectivity index (χ1n) is 5.58. The Hall–Kier alpha value is -0.920. The predicted octanol–water partition coefficient (Wildman–Crippen LogP) is 1.19. The molecule has 0 aromatic heterocycles. The summed E-state index contributed by atoms with van der Waals surface area (Å²) in [5.74, 6) is 1.42. The summed E-state index contributed by atoms with van der Waals surface area (Å²) < 4.78 is 0. The summed E-state index contributed by atoms with van der Waals surface area (Å²) in [4.78, 5) is 22.5. The monoisotopic (exact) mass is 190 g/mol. The molecule has 1 saturated carbocycles. The molecule has 0 spiro atoms. The summed E-state index contributed by atoms with van der Waals surface area (Å²) in [6.45, 7) is 0. The van der Waals surface area contributed by atoms with Gasteiger partial charge in [0.05, 0.1) is 0 Å². The Morgan fingerprint density at radius 2 is 1.21 bits per heavy atom. The standard InChI is InChI=1S/C12H14O2/c13-11-9-5-7-3-1-2-4-8(7)6-10(9)12(11)14/h7-8H,1-6H2/t7-,8-/m1/s1. The third kappa shape index (κ3) is 0.969. The van der Waals surface area contributed by atoms with Crippen molar-refractivity contribution in [2.45, 2.75) is 38.5 Å². The fourth-order valence-electron chi connectivity index (χ4n) is 3.26. The van der Waals surface area contributed by atoms with Gasteiger partial charge in [-0.15, -0.1) is 0 Å². The molecule has 0 unspecified atom stereocenters. The van der Waals surface area contributed by atoms with Gasteiger partial charge in [0.15, 0.2) is 0 Å². The summed E-state index contributed by atoms with van der Waals surface area (Å²) in [7, 11) is 0. The number of fused-ring (bicyclic) bond motifs is 2. The van der Waals surface area contributed by atoms with Crippen molar-refractivity contribution < 1.29 is 0 Å². The van der Waals surface area contributed by atoms with E-state index in [1.165, 1.54) is 25.7 Å². The van der Waals surface area contributed by atoms with Gasteiger partial charge in [0, 0.05) is 11.1 Å². The summed E-state index contributed by atoms with van der Waals surface area (Å²) >= 11 is 0. The molecule has 1 fully saturated rings. The zero-order valence-electron chi connectivity index (χ0n) is 8.21. The Labute approximate surface area is 82.6 Å². The maximum absolute atomic E-state index is 11.3. The van der Waals surface area contributed by atoms with Gasteiger partial charge in [0.1, 0.15) is 0 Å². The number of hydrogen-bond acceptors (Lipinski definition) is 2. The molecule has 2 heteroatoms. The first kappa shape index (κ1) is 8.39. The number of rotatable bonds is 0. The molecule has 1 aromatic carbocycles. The van der Waals surface area contributed by atoms with Gasteiger partial charge in [-0.05, 0) is 37.5 Å². The zero-order chi connectivity index (χ0) is 9.71. The SMILES string of the molecule is O=c1c2c(c1=O)C[C@H]1CCCC[C@@H]1C2. The molecule has 2 nitrogen and oxygen atoms in total. The minimum atomic E-state index is -0.177. The van der Waals surface area contributed by atoms with E-state index in [0.717, 1.165) is 24.0 Å². The van der Waals surface area contributed by atoms with Gasteiger partial charge in [-0.25, -0.2) is 0 Å². The molecule has 74 valence electrons. The van der Waals surface area contributed by atoms with Crippen LogP contribution in [0.1, 0.15) is 36.8 Å². The topological polar surface area (TPSA) is 34.1 Å². The van der Waals surface area contributed by atoms with E-state index < -0.39 is 0 Å². The Kier molecular flexibility index (Phi) is 1.67. The van der Waals surface area contributed by atoms with E-state index in [4.69, 9.17) is 0 Å². The van der Waals surface area contributed by atoms with Gasteiger partial charge in [-0.3, -0.25) is 9.59 Å². The highest BCUT2D eigenvalue weighted by Crippen LogP contribution is 2.38. The van der Waals surface area contributed by atoms with Gasteiger partial charge >= 0.3 is 0 Å². The summed E-state index contributed by atoms with van der Waals surface area (Å²) in [5, 5.41) is 0. The van der Waals surface area contributed by atoms with Crippen molar-refractivity contribution in [3.63, 3.8) is 0 Å². The largest absolute Gasteiger partial charge is 0.285 e. The lowest BCUT2D eigenvalue weighted by Crippen LogP contribution is -2.46. The van der Waals surface area contributed by atoms with Gasteiger partial charge in [-0.1, -0.05) is 12.8 Å². The highest BCUT2D eigenvalue weighted by Gasteiger charge is 2.35. The molecule has 14 heavy (non-hydrogen) atoms. The van der Waals surface area contributed by atoms with E-state index in [9.17, 15) is 9.59 Å². The average Bonchev–Trinajstić information content (AvgIpc) is 2.26. The van der Waals surface area contributed by atoms with E-state index in [2.05, 4.69) is 0 Å². The second-order valence-corrected chi connectivity index (χ2v) is 4.83. The molecule has 0 heterocycles. The van der Waals surface area contributed by atoms with Crippen LogP contribution in [0.4, 0.5) is 0 Å². The molecule has 0 saturated heterocycles. The van der Waals surface area contributed by atoms with E-state index in [0.29, 0.717) is 11.8 Å². The smallest absolute Gasteiger partial charge is 0.229 e. The van der Waals surface area contributed by atoms with Crippen LogP contribution in [0, 0.1) is 11.8 Å². The summed E-state index contributed by atoms with van der Waals surface area (Å²) in [5.41, 5.74) is 1.42. The van der Waals surface area contributed by atoms with E-state index in [1.807, 2.05) is 0 Å². The molecule has 1 aromatic rings. The molecule has 2 atom stereocenters. The molecule has 0 amide bonds. The van der Waals surface area contributed by atoms with Crippen molar-refractivity contribution in [2.75, 3.05) is 0 Å². The molecule has 0 N–H and O–H groups in total. The first-order chi connectivity index (χ1) is 6.77. The lowest BCUT2D eigenvalue weighted by atomic mass is 9.67. The van der Waals surface area contributed by atoms with Crippen molar-refractivity contribution >= 4 is 0 Å². The molecule has 2 aliphatic rings. The Bertz CT molecular complexity index is 395. The minimum Gasteiger partial charge on any atom is -0.285 e. The highest BCUT2D eigenvalue weighted by atomic mass is 16.2. The minimum absolute atomic E-state index is 0.177. The van der Waals surface area contributed by atoms with Crippen molar-refractivity contribution in [1.29, 1.82) is 0 Å². The van der Waals surface area contributed by atoms with Crippen LogP contribution in [0.3, 0.4) is 0 Å². The van der Waals surface area contributed by atoms with E-state index >= 15 is 0 Å². The van der Waals surface area contributed by atoms with Crippen LogP contribution in [0.2, 0.25) is 0 Å². The second kappa shape index (κ2) is 2.78. The molecule has 0 bridgehead atoms. The van der Waals surface area contributed by atoms with Crippen molar-refractivity contribution in [3.8, 4) is 0 Å². The molecule has 0 radical (unpaired) electrons. The summed E-state index contributed by atoms with van der Waals surface area (Å²) in [6, 6.07) is 0. The van der Waals surface area contributed by atoms with Crippen molar-refractivity contribution in [3.05, 3.63) is 31.6 Å². The van der Waals surface area contributed by atoms with Gasteiger partial charge in [-0.2, -0.15) is 0 Å². The Morgan fingerprint density at radius 1 is 0.786 bits per heavy atom. The maximum atomic E-state index is 11.3. The third-order valence-electron chi connectivity index (χ3n) is 4.12. The predicted molar refractivity (Wildman–Crippen MR) is 54.2 cm³/mol. The average molecular weight is 190 g/mol. The second-order valence-electron chi connectivity index (χ2n) is 4.83. The van der Waals surface area contributed by atoms with E-state index in [-0.39, 0.29) is 10.9 Å². The van der Waals surface area contributed by atoms with Crippen LogP contribution in [0.25, 0.3) is 0 Å².